The minimum absolute atomic E-state index is 0.238. The third kappa shape index (κ3) is 3.32. The molecule has 0 saturated heterocycles. The van der Waals surface area contributed by atoms with Crippen LogP contribution in [0.1, 0.15) is 35.7 Å². The zero-order valence-corrected chi connectivity index (χ0v) is 11.1. The van der Waals surface area contributed by atoms with Gasteiger partial charge in [-0.3, -0.25) is 9.78 Å². The number of pyridine rings is 1. The molecule has 1 unspecified atom stereocenters. The lowest BCUT2D eigenvalue weighted by molar-refractivity contribution is -0.142. The van der Waals surface area contributed by atoms with Crippen molar-refractivity contribution in [2.75, 3.05) is 0 Å². The Hall–Kier alpha value is -2.12. The third-order valence-corrected chi connectivity index (χ3v) is 3.26. The van der Waals surface area contributed by atoms with Gasteiger partial charge in [-0.15, -0.1) is 0 Å². The molecule has 21 heavy (non-hydrogen) atoms. The van der Waals surface area contributed by atoms with Gasteiger partial charge in [0.25, 0.3) is 5.91 Å². The number of aromatic nitrogens is 1. The zero-order valence-electron chi connectivity index (χ0n) is 11.1. The molecule has 0 radical (unpaired) electrons. The van der Waals surface area contributed by atoms with E-state index < -0.39 is 29.7 Å². The Morgan fingerprint density at radius 2 is 2.00 bits per heavy atom. The van der Waals surface area contributed by atoms with Gasteiger partial charge in [-0.25, -0.2) is 4.79 Å². The fourth-order valence-electron chi connectivity index (χ4n) is 1.99. The third-order valence-electron chi connectivity index (χ3n) is 3.26. The standard InChI is InChI=1S/C13H13F3N2O3/c1-7(12(20)21)18(10-2-3-10)11(19)8-4-9(6-17-5-8)13(14,15)16/h4-7,10H,2-3H2,1H3,(H,20,21). The molecule has 1 aromatic rings. The summed E-state index contributed by atoms with van der Waals surface area (Å²) in [6.45, 7) is 1.33. The Kier molecular flexibility index (Phi) is 3.89. The average molecular weight is 302 g/mol. The number of halogens is 3. The van der Waals surface area contributed by atoms with E-state index in [1.165, 1.54) is 6.92 Å². The van der Waals surface area contributed by atoms with Crippen LogP contribution in [0.15, 0.2) is 18.5 Å². The van der Waals surface area contributed by atoms with Crippen LogP contribution in [0.2, 0.25) is 0 Å². The van der Waals surface area contributed by atoms with Gasteiger partial charge in [0.15, 0.2) is 0 Å². The molecule has 1 saturated carbocycles. The maximum absolute atomic E-state index is 12.6. The second-order valence-corrected chi connectivity index (χ2v) is 4.92. The van der Waals surface area contributed by atoms with Crippen molar-refractivity contribution in [3.05, 3.63) is 29.6 Å². The van der Waals surface area contributed by atoms with E-state index in [-0.39, 0.29) is 11.6 Å². The topological polar surface area (TPSA) is 70.5 Å². The quantitative estimate of drug-likeness (QED) is 0.925. The number of carbonyl (C=O) groups is 2. The van der Waals surface area contributed by atoms with Crippen LogP contribution in [0.5, 0.6) is 0 Å². The van der Waals surface area contributed by atoms with Crippen LogP contribution in [0.3, 0.4) is 0 Å². The van der Waals surface area contributed by atoms with Crippen LogP contribution in [0.4, 0.5) is 13.2 Å². The first-order valence-electron chi connectivity index (χ1n) is 6.29. The lowest BCUT2D eigenvalue weighted by Crippen LogP contribution is -2.44. The molecule has 8 heteroatoms. The summed E-state index contributed by atoms with van der Waals surface area (Å²) >= 11 is 0. The number of aliphatic carboxylic acids is 1. The minimum atomic E-state index is -4.61. The molecule has 1 amide bonds. The molecule has 1 fully saturated rings. The summed E-state index contributed by atoms with van der Waals surface area (Å²) in [5, 5.41) is 9.02. The van der Waals surface area contributed by atoms with Crippen molar-refractivity contribution in [3.63, 3.8) is 0 Å². The van der Waals surface area contributed by atoms with Gasteiger partial charge in [0.1, 0.15) is 6.04 Å². The predicted molar refractivity (Wildman–Crippen MR) is 65.5 cm³/mol. The van der Waals surface area contributed by atoms with Crippen molar-refractivity contribution in [2.24, 2.45) is 0 Å². The maximum atomic E-state index is 12.6. The van der Waals surface area contributed by atoms with Crippen molar-refractivity contribution in [1.82, 2.24) is 9.88 Å². The van der Waals surface area contributed by atoms with E-state index in [1.54, 1.807) is 0 Å². The van der Waals surface area contributed by atoms with Gasteiger partial charge in [0, 0.05) is 18.4 Å². The number of nitrogens with zero attached hydrogens (tertiary/aromatic N) is 2. The van der Waals surface area contributed by atoms with E-state index in [2.05, 4.69) is 4.98 Å². The second-order valence-electron chi connectivity index (χ2n) is 4.92. The fourth-order valence-corrected chi connectivity index (χ4v) is 1.99. The highest BCUT2D eigenvalue weighted by Gasteiger charge is 2.39. The number of alkyl halides is 3. The van der Waals surface area contributed by atoms with E-state index >= 15 is 0 Å². The van der Waals surface area contributed by atoms with Gasteiger partial charge in [-0.1, -0.05) is 0 Å². The van der Waals surface area contributed by atoms with E-state index in [1.807, 2.05) is 0 Å². The van der Waals surface area contributed by atoms with Gasteiger partial charge in [-0.05, 0) is 25.8 Å². The monoisotopic (exact) mass is 302 g/mol. The summed E-state index contributed by atoms with van der Waals surface area (Å²) in [5.74, 6) is -1.94. The van der Waals surface area contributed by atoms with Gasteiger partial charge in [0.2, 0.25) is 0 Å². The minimum Gasteiger partial charge on any atom is -0.480 e. The van der Waals surface area contributed by atoms with Crippen molar-refractivity contribution >= 4 is 11.9 Å². The lowest BCUT2D eigenvalue weighted by atomic mass is 10.1. The molecule has 0 spiro atoms. The smallest absolute Gasteiger partial charge is 0.417 e. The number of rotatable bonds is 4. The first kappa shape index (κ1) is 15.3. The first-order valence-corrected chi connectivity index (χ1v) is 6.29. The highest BCUT2D eigenvalue weighted by atomic mass is 19.4. The number of carboxylic acids is 1. The Morgan fingerprint density at radius 3 is 2.48 bits per heavy atom. The number of hydrogen-bond acceptors (Lipinski definition) is 3. The Bertz CT molecular complexity index is 570. The molecule has 1 aliphatic carbocycles. The summed E-state index contributed by atoms with van der Waals surface area (Å²) in [4.78, 5) is 27.9. The number of hydrogen-bond donors (Lipinski definition) is 1. The molecule has 1 N–H and O–H groups in total. The summed E-state index contributed by atoms with van der Waals surface area (Å²) in [6, 6.07) is -0.642. The Morgan fingerprint density at radius 1 is 1.38 bits per heavy atom. The predicted octanol–water partition coefficient (Wildman–Crippen LogP) is 2.18. The maximum Gasteiger partial charge on any atom is 0.417 e. The normalized spacial score (nSPS) is 16.4. The molecule has 0 bridgehead atoms. The molecular formula is C13H13F3N2O3. The lowest BCUT2D eigenvalue weighted by Gasteiger charge is -2.26. The molecule has 1 aliphatic rings. The van der Waals surface area contributed by atoms with Gasteiger partial charge in [0.05, 0.1) is 11.1 Å². The molecular weight excluding hydrogens is 289 g/mol. The average Bonchev–Trinajstić information content (AvgIpc) is 3.22. The van der Waals surface area contributed by atoms with E-state index in [9.17, 15) is 22.8 Å². The second kappa shape index (κ2) is 5.34. The fraction of sp³-hybridized carbons (Fsp3) is 0.462. The molecule has 1 aromatic heterocycles. The van der Waals surface area contributed by atoms with Gasteiger partial charge in [-0.2, -0.15) is 13.2 Å². The molecule has 1 atom stereocenters. The molecule has 0 aliphatic heterocycles. The van der Waals surface area contributed by atoms with E-state index in [0.717, 1.165) is 11.1 Å². The van der Waals surface area contributed by atoms with Crippen LogP contribution in [-0.2, 0) is 11.0 Å². The van der Waals surface area contributed by atoms with Gasteiger partial charge < -0.3 is 10.0 Å². The SMILES string of the molecule is CC(C(=O)O)N(C(=O)c1cncc(C(F)(F)F)c1)C1CC1. The van der Waals surface area contributed by atoms with Gasteiger partial charge >= 0.3 is 12.1 Å². The summed E-state index contributed by atoms with van der Waals surface area (Å²) in [7, 11) is 0. The van der Waals surface area contributed by atoms with Crippen LogP contribution in [0, 0.1) is 0 Å². The molecule has 0 aromatic carbocycles. The molecule has 5 nitrogen and oxygen atoms in total. The number of carboxylic acid groups (broad SMARTS) is 1. The highest BCUT2D eigenvalue weighted by molar-refractivity contribution is 5.96. The van der Waals surface area contributed by atoms with Crippen molar-refractivity contribution in [3.8, 4) is 0 Å². The Balaban J connectivity index is 2.31. The Labute approximate surface area is 118 Å². The number of carbonyl (C=O) groups excluding carboxylic acids is 1. The first-order chi connectivity index (χ1) is 9.71. The van der Waals surface area contributed by atoms with Crippen LogP contribution < -0.4 is 0 Å². The van der Waals surface area contributed by atoms with E-state index in [0.29, 0.717) is 25.1 Å². The number of amides is 1. The largest absolute Gasteiger partial charge is 0.480 e. The zero-order chi connectivity index (χ0) is 15.8. The summed E-state index contributed by atoms with van der Waals surface area (Å²) in [6.07, 6.45) is -1.67. The van der Waals surface area contributed by atoms with Crippen LogP contribution >= 0.6 is 0 Å². The van der Waals surface area contributed by atoms with Crippen molar-refractivity contribution in [1.29, 1.82) is 0 Å². The molecule has 114 valence electrons. The molecule has 1 heterocycles. The highest BCUT2D eigenvalue weighted by Crippen LogP contribution is 2.32. The summed E-state index contributed by atoms with van der Waals surface area (Å²) < 4.78 is 37.9. The van der Waals surface area contributed by atoms with Crippen molar-refractivity contribution in [2.45, 2.75) is 38.0 Å². The summed E-state index contributed by atoms with van der Waals surface area (Å²) in [5.41, 5.74) is -1.29. The molecule has 2 rings (SSSR count). The van der Waals surface area contributed by atoms with E-state index in [4.69, 9.17) is 5.11 Å². The van der Waals surface area contributed by atoms with Crippen molar-refractivity contribution < 1.29 is 27.9 Å². The van der Waals surface area contributed by atoms with Crippen LogP contribution in [0.25, 0.3) is 0 Å². The van der Waals surface area contributed by atoms with Crippen LogP contribution in [-0.4, -0.2) is 39.0 Å².